The van der Waals surface area contributed by atoms with Crippen LogP contribution in [-0.2, 0) is 18.4 Å². The standard InChI is InChI=1S/C21H26N2O/c1-15-13-22-19(16(2)20(15)24)14-23-11-9-21(10-12-23)8-7-17-5-3-4-6-18(17)21/h3-6,13H,7-12,14H2,1-2H3,(H,22,24). The van der Waals surface area contributed by atoms with Crippen molar-refractivity contribution in [3.05, 3.63) is 68.6 Å². The number of aryl methyl sites for hydroxylation is 2. The Hall–Kier alpha value is -1.87. The van der Waals surface area contributed by atoms with Crippen LogP contribution in [0.4, 0.5) is 0 Å². The summed E-state index contributed by atoms with van der Waals surface area (Å²) in [5.74, 6) is 0. The summed E-state index contributed by atoms with van der Waals surface area (Å²) in [6.45, 7) is 6.91. The Bertz CT molecular complexity index is 813. The number of benzene rings is 1. The number of rotatable bonds is 2. The maximum absolute atomic E-state index is 12.1. The van der Waals surface area contributed by atoms with E-state index in [0.717, 1.165) is 36.5 Å². The number of aromatic amines is 1. The molecule has 24 heavy (non-hydrogen) atoms. The van der Waals surface area contributed by atoms with Gasteiger partial charge in [-0.3, -0.25) is 9.69 Å². The van der Waals surface area contributed by atoms with Crippen LogP contribution in [0, 0.1) is 13.8 Å². The molecule has 1 aromatic heterocycles. The zero-order valence-corrected chi connectivity index (χ0v) is 14.7. The van der Waals surface area contributed by atoms with Gasteiger partial charge in [0.2, 0.25) is 0 Å². The summed E-state index contributed by atoms with van der Waals surface area (Å²) in [5, 5.41) is 0. The molecule has 1 aromatic carbocycles. The summed E-state index contributed by atoms with van der Waals surface area (Å²) < 4.78 is 0. The third kappa shape index (κ3) is 2.51. The largest absolute Gasteiger partial charge is 0.363 e. The molecule has 1 saturated heterocycles. The Balaban J connectivity index is 1.48. The monoisotopic (exact) mass is 322 g/mol. The SMILES string of the molecule is Cc1c[nH]c(CN2CCC3(CCc4ccccc43)CC2)c(C)c1=O. The van der Waals surface area contributed by atoms with Crippen LogP contribution in [0.25, 0.3) is 0 Å². The van der Waals surface area contributed by atoms with Gasteiger partial charge in [-0.2, -0.15) is 0 Å². The highest BCUT2D eigenvalue weighted by Crippen LogP contribution is 2.46. The Morgan fingerprint density at radius 2 is 1.88 bits per heavy atom. The number of H-pyrrole nitrogens is 1. The summed E-state index contributed by atoms with van der Waals surface area (Å²) in [6.07, 6.45) is 6.86. The lowest BCUT2D eigenvalue weighted by molar-refractivity contribution is 0.150. The third-order valence-corrected chi connectivity index (χ3v) is 6.27. The van der Waals surface area contributed by atoms with Crippen LogP contribution in [0.1, 0.15) is 47.2 Å². The fourth-order valence-corrected chi connectivity index (χ4v) is 4.61. The van der Waals surface area contributed by atoms with Crippen LogP contribution in [0.5, 0.6) is 0 Å². The molecule has 1 fully saturated rings. The van der Waals surface area contributed by atoms with Crippen molar-refractivity contribution in [1.29, 1.82) is 0 Å². The molecule has 0 saturated carbocycles. The van der Waals surface area contributed by atoms with E-state index in [1.807, 2.05) is 20.0 Å². The molecule has 4 rings (SSSR count). The van der Waals surface area contributed by atoms with Gasteiger partial charge in [0.1, 0.15) is 0 Å². The van der Waals surface area contributed by atoms with E-state index >= 15 is 0 Å². The van der Waals surface area contributed by atoms with Crippen LogP contribution >= 0.6 is 0 Å². The number of hydrogen-bond acceptors (Lipinski definition) is 2. The molecule has 2 heterocycles. The molecular formula is C21H26N2O. The van der Waals surface area contributed by atoms with Crippen molar-refractivity contribution < 1.29 is 0 Å². The predicted molar refractivity (Wildman–Crippen MR) is 97.5 cm³/mol. The van der Waals surface area contributed by atoms with Gasteiger partial charge in [-0.05, 0) is 69.2 Å². The van der Waals surface area contributed by atoms with Crippen LogP contribution in [0.15, 0.2) is 35.3 Å². The Morgan fingerprint density at radius 1 is 1.12 bits per heavy atom. The molecule has 2 aliphatic rings. The highest BCUT2D eigenvalue weighted by atomic mass is 16.1. The lowest BCUT2D eigenvalue weighted by Gasteiger charge is -2.40. The maximum Gasteiger partial charge on any atom is 0.187 e. The summed E-state index contributed by atoms with van der Waals surface area (Å²) in [6, 6.07) is 9.01. The average molecular weight is 322 g/mol. The van der Waals surface area contributed by atoms with Gasteiger partial charge in [-0.1, -0.05) is 24.3 Å². The van der Waals surface area contributed by atoms with Crippen LogP contribution in [0.2, 0.25) is 0 Å². The first kappa shape index (κ1) is 15.6. The minimum atomic E-state index is 0.182. The van der Waals surface area contributed by atoms with Gasteiger partial charge in [0.05, 0.1) is 0 Å². The van der Waals surface area contributed by atoms with Gasteiger partial charge in [0.25, 0.3) is 0 Å². The van der Waals surface area contributed by atoms with Gasteiger partial charge in [-0.15, -0.1) is 0 Å². The quantitative estimate of drug-likeness (QED) is 0.919. The molecule has 1 aliphatic heterocycles. The Labute approximate surface area is 143 Å². The second-order valence-electron chi connectivity index (χ2n) is 7.62. The van der Waals surface area contributed by atoms with Gasteiger partial charge < -0.3 is 4.98 Å². The number of fused-ring (bicyclic) bond motifs is 2. The molecule has 1 N–H and O–H groups in total. The Kier molecular flexibility index (Phi) is 3.84. The summed E-state index contributed by atoms with van der Waals surface area (Å²) in [4.78, 5) is 18.0. The van der Waals surface area contributed by atoms with E-state index in [1.165, 1.54) is 25.7 Å². The van der Waals surface area contributed by atoms with Crippen LogP contribution in [-0.4, -0.2) is 23.0 Å². The molecule has 0 bridgehead atoms. The van der Waals surface area contributed by atoms with E-state index in [-0.39, 0.29) is 5.43 Å². The van der Waals surface area contributed by atoms with E-state index in [0.29, 0.717) is 5.41 Å². The van der Waals surface area contributed by atoms with E-state index in [2.05, 4.69) is 34.1 Å². The van der Waals surface area contributed by atoms with Crippen molar-refractivity contribution in [2.45, 2.75) is 51.5 Å². The molecule has 1 aliphatic carbocycles. The molecule has 0 amide bonds. The minimum absolute atomic E-state index is 0.182. The van der Waals surface area contributed by atoms with Gasteiger partial charge in [0.15, 0.2) is 5.43 Å². The molecule has 0 radical (unpaired) electrons. The first-order chi connectivity index (χ1) is 11.6. The molecule has 126 valence electrons. The number of likely N-dealkylation sites (tertiary alicyclic amines) is 1. The molecule has 3 nitrogen and oxygen atoms in total. The van der Waals surface area contributed by atoms with E-state index < -0.39 is 0 Å². The predicted octanol–water partition coefficient (Wildman–Crippen LogP) is 3.47. The smallest absolute Gasteiger partial charge is 0.187 e. The van der Waals surface area contributed by atoms with Gasteiger partial charge in [-0.25, -0.2) is 0 Å². The number of aromatic nitrogens is 1. The maximum atomic E-state index is 12.1. The first-order valence-electron chi connectivity index (χ1n) is 9.08. The number of nitrogens with one attached hydrogen (secondary N) is 1. The van der Waals surface area contributed by atoms with Crippen molar-refractivity contribution in [2.75, 3.05) is 13.1 Å². The topological polar surface area (TPSA) is 36.1 Å². The molecule has 2 aromatic rings. The lowest BCUT2D eigenvalue weighted by atomic mass is 9.74. The first-order valence-corrected chi connectivity index (χ1v) is 9.08. The number of pyridine rings is 1. The van der Waals surface area contributed by atoms with Crippen molar-refractivity contribution in [3.8, 4) is 0 Å². The van der Waals surface area contributed by atoms with Crippen molar-refractivity contribution in [1.82, 2.24) is 9.88 Å². The Morgan fingerprint density at radius 3 is 2.67 bits per heavy atom. The van der Waals surface area contributed by atoms with Crippen molar-refractivity contribution in [2.24, 2.45) is 0 Å². The fourth-order valence-electron chi connectivity index (χ4n) is 4.61. The molecule has 0 atom stereocenters. The summed E-state index contributed by atoms with van der Waals surface area (Å²) in [7, 11) is 0. The third-order valence-electron chi connectivity index (χ3n) is 6.27. The van der Waals surface area contributed by atoms with Crippen LogP contribution < -0.4 is 5.43 Å². The zero-order chi connectivity index (χ0) is 16.7. The second-order valence-corrected chi connectivity index (χ2v) is 7.62. The van der Waals surface area contributed by atoms with E-state index in [1.54, 1.807) is 11.1 Å². The second kappa shape index (κ2) is 5.89. The summed E-state index contributed by atoms with van der Waals surface area (Å²) >= 11 is 0. The highest BCUT2D eigenvalue weighted by molar-refractivity contribution is 5.39. The van der Waals surface area contributed by atoms with Crippen molar-refractivity contribution >= 4 is 0 Å². The zero-order valence-electron chi connectivity index (χ0n) is 14.7. The highest BCUT2D eigenvalue weighted by Gasteiger charge is 2.40. The van der Waals surface area contributed by atoms with E-state index in [4.69, 9.17) is 0 Å². The van der Waals surface area contributed by atoms with Crippen LogP contribution in [0.3, 0.4) is 0 Å². The van der Waals surface area contributed by atoms with Gasteiger partial charge in [0, 0.05) is 29.6 Å². The average Bonchev–Trinajstić information content (AvgIpc) is 2.96. The molecular weight excluding hydrogens is 296 g/mol. The van der Waals surface area contributed by atoms with Gasteiger partial charge >= 0.3 is 0 Å². The summed E-state index contributed by atoms with van der Waals surface area (Å²) in [5.41, 5.74) is 6.51. The normalized spacial score (nSPS) is 19.6. The minimum Gasteiger partial charge on any atom is -0.363 e. The number of nitrogens with zero attached hydrogens (tertiary/aromatic N) is 1. The molecule has 3 heteroatoms. The lowest BCUT2D eigenvalue weighted by Crippen LogP contribution is -2.41. The molecule has 1 spiro atoms. The van der Waals surface area contributed by atoms with Crippen molar-refractivity contribution in [3.63, 3.8) is 0 Å². The number of piperidine rings is 1. The number of hydrogen-bond donors (Lipinski definition) is 1. The van der Waals surface area contributed by atoms with E-state index in [9.17, 15) is 4.79 Å². The molecule has 0 unspecified atom stereocenters. The fraction of sp³-hybridized carbons (Fsp3) is 0.476.